The van der Waals surface area contributed by atoms with Crippen LogP contribution >= 0.6 is 24.0 Å². The highest BCUT2D eigenvalue weighted by Crippen LogP contribution is 2.52. The molecule has 1 aliphatic heterocycles. The number of carbonyl (C=O) groups is 2. The highest BCUT2D eigenvalue weighted by molar-refractivity contribution is 14.0. The maximum absolute atomic E-state index is 12.6. The number of guanidine groups is 1. The van der Waals surface area contributed by atoms with Crippen molar-refractivity contribution in [2.75, 3.05) is 39.9 Å². The van der Waals surface area contributed by atoms with Crippen LogP contribution in [0, 0.1) is 29.6 Å². The van der Waals surface area contributed by atoms with Crippen LogP contribution in [0.25, 0.3) is 0 Å². The van der Waals surface area contributed by atoms with Crippen molar-refractivity contribution in [2.45, 2.75) is 20.3 Å². The Morgan fingerprint density at radius 2 is 1.78 bits per heavy atom. The number of allylic oxidation sites excluding steroid dienone is 2. The van der Waals surface area contributed by atoms with Crippen LogP contribution < -0.4 is 10.6 Å². The maximum atomic E-state index is 12.6. The lowest BCUT2D eigenvalue weighted by Crippen LogP contribution is -2.44. The molecule has 3 rings (SSSR count). The van der Waals surface area contributed by atoms with Crippen molar-refractivity contribution in [2.24, 2.45) is 34.6 Å². The maximum Gasteiger partial charge on any atom is 0.233 e. The third-order valence-corrected chi connectivity index (χ3v) is 5.40. The van der Waals surface area contributed by atoms with E-state index in [0.29, 0.717) is 38.1 Å². The van der Waals surface area contributed by atoms with Crippen molar-refractivity contribution in [3.63, 3.8) is 0 Å². The largest absolute Gasteiger partial charge is 0.379 e. The number of rotatable bonds is 8. The number of fused-ring (bicyclic) bond motifs is 5. The van der Waals surface area contributed by atoms with Gasteiger partial charge < -0.3 is 15.4 Å². The third kappa shape index (κ3) is 4.82. The number of halogens is 1. The number of nitrogens with zero attached hydrogens (tertiary/aromatic N) is 2. The van der Waals surface area contributed by atoms with E-state index in [1.165, 1.54) is 4.90 Å². The first-order valence-electron chi connectivity index (χ1n) is 9.58. The molecule has 0 aromatic carbocycles. The lowest BCUT2D eigenvalue weighted by molar-refractivity contribution is -0.140. The predicted octanol–water partition coefficient (Wildman–Crippen LogP) is 1.25. The first-order chi connectivity index (χ1) is 12.5. The smallest absolute Gasteiger partial charge is 0.233 e. The van der Waals surface area contributed by atoms with E-state index in [0.717, 1.165) is 13.0 Å². The third-order valence-electron chi connectivity index (χ3n) is 5.40. The minimum atomic E-state index is -0.118. The summed E-state index contributed by atoms with van der Waals surface area (Å²) in [7, 11) is 1.70. The fourth-order valence-corrected chi connectivity index (χ4v) is 4.25. The summed E-state index contributed by atoms with van der Waals surface area (Å²) < 4.78 is 5.52. The highest BCUT2D eigenvalue weighted by atomic mass is 127. The van der Waals surface area contributed by atoms with Gasteiger partial charge in [0.25, 0.3) is 0 Å². The van der Waals surface area contributed by atoms with E-state index >= 15 is 0 Å². The lowest BCUT2D eigenvalue weighted by atomic mass is 9.85. The second kappa shape index (κ2) is 9.86. The van der Waals surface area contributed by atoms with Gasteiger partial charge >= 0.3 is 0 Å². The van der Waals surface area contributed by atoms with Crippen LogP contribution in [0.5, 0.6) is 0 Å². The zero-order chi connectivity index (χ0) is 18.7. The number of likely N-dealkylation sites (tertiary alicyclic amines) is 1. The molecule has 0 aromatic rings. The zero-order valence-corrected chi connectivity index (χ0v) is 18.6. The molecule has 2 amide bonds. The Morgan fingerprint density at radius 3 is 2.33 bits per heavy atom. The molecule has 7 nitrogen and oxygen atoms in total. The molecule has 3 aliphatic rings. The number of amides is 2. The molecule has 4 atom stereocenters. The topological polar surface area (TPSA) is 83.0 Å². The Morgan fingerprint density at radius 1 is 1.19 bits per heavy atom. The van der Waals surface area contributed by atoms with Gasteiger partial charge in [0.05, 0.1) is 18.4 Å². The van der Waals surface area contributed by atoms with Crippen LogP contribution in [-0.2, 0) is 14.3 Å². The second-order valence-corrected chi connectivity index (χ2v) is 7.72. The summed E-state index contributed by atoms with van der Waals surface area (Å²) >= 11 is 0. The number of ether oxygens (including phenoxy) is 1. The molecule has 0 spiro atoms. The number of nitrogens with one attached hydrogen (secondary N) is 2. The van der Waals surface area contributed by atoms with E-state index in [4.69, 9.17) is 4.74 Å². The summed E-state index contributed by atoms with van der Waals surface area (Å²) in [5.74, 6) is 1.47. The van der Waals surface area contributed by atoms with Gasteiger partial charge in [-0.2, -0.15) is 0 Å². The van der Waals surface area contributed by atoms with Crippen molar-refractivity contribution in [1.29, 1.82) is 0 Å². The van der Waals surface area contributed by atoms with Crippen LogP contribution in [0.15, 0.2) is 17.1 Å². The van der Waals surface area contributed by atoms with Crippen molar-refractivity contribution in [3.8, 4) is 0 Å². The number of imide groups is 1. The van der Waals surface area contributed by atoms with E-state index in [1.807, 2.05) is 0 Å². The molecular weight excluding hydrogens is 459 g/mol. The molecule has 8 heteroatoms. The minimum Gasteiger partial charge on any atom is -0.379 e. The molecule has 1 saturated heterocycles. The molecule has 1 saturated carbocycles. The summed E-state index contributed by atoms with van der Waals surface area (Å²) in [5.41, 5.74) is 0. The predicted molar refractivity (Wildman–Crippen MR) is 115 cm³/mol. The van der Waals surface area contributed by atoms with Gasteiger partial charge in [-0.25, -0.2) is 0 Å². The van der Waals surface area contributed by atoms with Crippen LogP contribution in [0.3, 0.4) is 0 Å². The summed E-state index contributed by atoms with van der Waals surface area (Å²) in [6, 6.07) is 0. The van der Waals surface area contributed by atoms with Crippen LogP contribution in [0.2, 0.25) is 0 Å². The van der Waals surface area contributed by atoms with Gasteiger partial charge in [0, 0.05) is 33.3 Å². The van der Waals surface area contributed by atoms with Gasteiger partial charge in [0.1, 0.15) is 0 Å². The fourth-order valence-electron chi connectivity index (χ4n) is 4.25. The molecule has 0 aromatic heterocycles. The molecular formula is C19H31IN4O3. The van der Waals surface area contributed by atoms with E-state index < -0.39 is 0 Å². The Hall–Kier alpha value is -1.16. The lowest BCUT2D eigenvalue weighted by Gasteiger charge is -2.18. The number of hydrogen-bond acceptors (Lipinski definition) is 4. The van der Waals surface area contributed by atoms with Crippen molar-refractivity contribution >= 4 is 41.8 Å². The SMILES string of the molecule is CN=C(NCCOCC(C)C)NCCN1C(=O)C2C3C=CC(C3)C2C1=O.I. The van der Waals surface area contributed by atoms with E-state index in [2.05, 4.69) is 41.6 Å². The molecule has 4 unspecified atom stereocenters. The molecule has 152 valence electrons. The van der Waals surface area contributed by atoms with Crippen LogP contribution in [-0.4, -0.2) is 62.6 Å². The number of hydrogen-bond donors (Lipinski definition) is 2. The average molecular weight is 490 g/mol. The molecule has 1 heterocycles. The summed E-state index contributed by atoms with van der Waals surface area (Å²) in [6.07, 6.45) is 5.20. The Bertz CT molecular complexity index is 578. The van der Waals surface area contributed by atoms with Gasteiger partial charge in [0.15, 0.2) is 5.96 Å². The van der Waals surface area contributed by atoms with Crippen LogP contribution in [0.4, 0.5) is 0 Å². The molecule has 2 bridgehead atoms. The van der Waals surface area contributed by atoms with Crippen molar-refractivity contribution < 1.29 is 14.3 Å². The molecule has 0 radical (unpaired) electrons. The first kappa shape index (κ1) is 22.1. The van der Waals surface area contributed by atoms with E-state index in [9.17, 15) is 9.59 Å². The van der Waals surface area contributed by atoms with Gasteiger partial charge in [0.2, 0.25) is 11.8 Å². The first-order valence-corrected chi connectivity index (χ1v) is 9.58. The fraction of sp³-hybridized carbons (Fsp3) is 0.737. The monoisotopic (exact) mass is 490 g/mol. The molecule has 27 heavy (non-hydrogen) atoms. The van der Waals surface area contributed by atoms with Crippen LogP contribution in [0.1, 0.15) is 20.3 Å². The standard InChI is InChI=1S/C19H30N4O3.HI/c1-12(2)11-26-9-7-22-19(20-3)21-6-8-23-17(24)15-13-4-5-14(10-13)16(15)18(23)25;/h4-5,12-16H,6-11H2,1-3H3,(H2,20,21,22);1H. The normalized spacial score (nSPS) is 28.7. The quantitative estimate of drug-likeness (QED) is 0.134. The molecule has 2 N–H and O–H groups in total. The number of carbonyl (C=O) groups excluding carboxylic acids is 2. The number of aliphatic imine (C=N–C) groups is 1. The Balaban J connectivity index is 0.00000261. The van der Waals surface area contributed by atoms with E-state index in [1.54, 1.807) is 7.05 Å². The van der Waals surface area contributed by atoms with Gasteiger partial charge in [-0.05, 0) is 24.2 Å². The van der Waals surface area contributed by atoms with Crippen molar-refractivity contribution in [1.82, 2.24) is 15.5 Å². The highest BCUT2D eigenvalue weighted by Gasteiger charge is 2.58. The minimum absolute atomic E-state index is 0. The van der Waals surface area contributed by atoms with Gasteiger partial charge in [-0.3, -0.25) is 19.5 Å². The van der Waals surface area contributed by atoms with Gasteiger partial charge in [-0.1, -0.05) is 26.0 Å². The zero-order valence-electron chi connectivity index (χ0n) is 16.3. The molecule has 2 aliphatic carbocycles. The second-order valence-electron chi connectivity index (χ2n) is 7.72. The molecule has 2 fully saturated rings. The summed E-state index contributed by atoms with van der Waals surface area (Å²) in [6.45, 7) is 7.12. The van der Waals surface area contributed by atoms with Crippen molar-refractivity contribution in [3.05, 3.63) is 12.2 Å². The van der Waals surface area contributed by atoms with Gasteiger partial charge in [-0.15, -0.1) is 24.0 Å². The average Bonchev–Trinajstić information content (AvgIpc) is 3.28. The summed E-state index contributed by atoms with van der Waals surface area (Å²) in [5, 5.41) is 6.33. The van der Waals surface area contributed by atoms with E-state index in [-0.39, 0.29) is 59.5 Å². The Labute approximate surface area is 178 Å². The summed E-state index contributed by atoms with van der Waals surface area (Å²) in [4.78, 5) is 30.8. The Kier molecular flexibility index (Phi) is 8.08.